The summed E-state index contributed by atoms with van der Waals surface area (Å²) >= 11 is 12.5. The molecule has 1 fully saturated rings. The van der Waals surface area contributed by atoms with E-state index in [1.807, 2.05) is 60.7 Å². The third-order valence-corrected chi connectivity index (χ3v) is 10.7. The number of benzene rings is 3. The van der Waals surface area contributed by atoms with Gasteiger partial charge in [0.25, 0.3) is 0 Å². The molecule has 3 aromatic carbocycles. The topological polar surface area (TPSA) is 121 Å². The van der Waals surface area contributed by atoms with Crippen LogP contribution >= 0.6 is 23.2 Å². The van der Waals surface area contributed by atoms with E-state index in [4.69, 9.17) is 61.7 Å². The summed E-state index contributed by atoms with van der Waals surface area (Å²) in [6.07, 6.45) is 0.720. The lowest BCUT2D eigenvalue weighted by molar-refractivity contribution is -0.0432. The first-order valence-electron chi connectivity index (χ1n) is 18.7. The van der Waals surface area contributed by atoms with Gasteiger partial charge in [-0.1, -0.05) is 53.5 Å². The number of anilines is 1. The number of aliphatic hydroxyl groups is 1. The third kappa shape index (κ3) is 14.6. The van der Waals surface area contributed by atoms with Crippen molar-refractivity contribution in [2.75, 3.05) is 97.7 Å². The summed E-state index contributed by atoms with van der Waals surface area (Å²) in [4.78, 5) is 4.78. The van der Waals surface area contributed by atoms with Gasteiger partial charge in [0, 0.05) is 52.2 Å². The van der Waals surface area contributed by atoms with Crippen LogP contribution in [0.5, 0.6) is 5.88 Å². The molecule has 312 valence electrons. The second-order valence-corrected chi connectivity index (χ2v) is 15.3. The number of fused-ring (bicyclic) bond motifs is 1. The van der Waals surface area contributed by atoms with Gasteiger partial charge in [-0.25, -0.2) is 13.5 Å². The molecule has 0 bridgehead atoms. The number of hydrogen-bond acceptors (Lipinski definition) is 10. The number of alkyl halides is 3. The number of nitrogens with zero attached hydrogens (tertiary/aromatic N) is 2. The number of halogens is 5. The van der Waals surface area contributed by atoms with Crippen molar-refractivity contribution in [1.29, 1.82) is 0 Å². The zero-order chi connectivity index (χ0) is 40.5. The van der Waals surface area contributed by atoms with Crippen molar-refractivity contribution in [3.8, 4) is 5.88 Å². The van der Waals surface area contributed by atoms with Gasteiger partial charge in [-0.15, -0.1) is 0 Å². The number of piperidine rings is 1. The minimum Gasteiger partial charge on any atom is -0.475 e. The van der Waals surface area contributed by atoms with Gasteiger partial charge in [-0.3, -0.25) is 0 Å². The van der Waals surface area contributed by atoms with Gasteiger partial charge in [-0.05, 0) is 65.9 Å². The van der Waals surface area contributed by atoms with Crippen LogP contribution in [0.2, 0.25) is 10.0 Å². The molecule has 0 saturated carbocycles. The van der Waals surface area contributed by atoms with Crippen LogP contribution < -0.4 is 10.1 Å². The fraction of sp³-hybridized carbons (Fsp3) is 0.475. The Kier molecular flexibility index (Phi) is 18.5. The van der Waals surface area contributed by atoms with Crippen molar-refractivity contribution in [3.05, 3.63) is 99.5 Å². The Balaban J connectivity index is 1.20. The summed E-state index contributed by atoms with van der Waals surface area (Å²) in [5, 5.41) is 14.3. The molecule has 1 aromatic heterocycles. The Bertz CT molecular complexity index is 1780. The molecule has 2 N–H and O–H groups in total. The van der Waals surface area contributed by atoms with E-state index in [1.165, 1.54) is 0 Å². The second kappa shape index (κ2) is 23.5. The van der Waals surface area contributed by atoms with Crippen LogP contribution in [0, 0.1) is 0 Å². The zero-order valence-corrected chi connectivity index (χ0v) is 33.7. The average molecular weight is 859 g/mol. The van der Waals surface area contributed by atoms with Gasteiger partial charge in [0.05, 0.1) is 78.2 Å². The summed E-state index contributed by atoms with van der Waals surface area (Å²) in [5.41, 5.74) is -0.397. The summed E-state index contributed by atoms with van der Waals surface area (Å²) in [5.74, 6) is 0.190. The molecule has 5 rings (SSSR count). The highest BCUT2D eigenvalue weighted by Crippen LogP contribution is 2.37. The quantitative estimate of drug-likeness (QED) is 0.0552. The van der Waals surface area contributed by atoms with Crippen LogP contribution in [-0.4, -0.2) is 123 Å². The predicted molar refractivity (Wildman–Crippen MR) is 215 cm³/mol. The van der Waals surface area contributed by atoms with E-state index in [-0.39, 0.29) is 38.3 Å². The highest BCUT2D eigenvalue weighted by Gasteiger charge is 2.42. The van der Waals surface area contributed by atoms with Crippen LogP contribution in [0.15, 0.2) is 72.8 Å². The molecular formula is C40H48Cl2F3N3O8S. The van der Waals surface area contributed by atoms with Gasteiger partial charge in [0.2, 0.25) is 16.9 Å². The first kappa shape index (κ1) is 45.0. The summed E-state index contributed by atoms with van der Waals surface area (Å²) in [6, 6.07) is 23.0. The maximum atomic E-state index is 13.2. The lowest BCUT2D eigenvalue weighted by Gasteiger charge is -2.32. The normalized spacial score (nSPS) is 14.7. The summed E-state index contributed by atoms with van der Waals surface area (Å²) < 4.78 is 85.7. The second-order valence-electron chi connectivity index (χ2n) is 13.0. The molecule has 57 heavy (non-hydrogen) atoms. The molecule has 1 aliphatic heterocycles. The molecule has 0 spiro atoms. The van der Waals surface area contributed by atoms with E-state index >= 15 is 0 Å². The molecule has 17 heteroatoms. The molecule has 1 unspecified atom stereocenters. The molecule has 2 heterocycles. The number of aromatic nitrogens is 1. The molecule has 1 saturated heterocycles. The van der Waals surface area contributed by atoms with Crippen molar-refractivity contribution < 1.29 is 50.9 Å². The summed E-state index contributed by atoms with van der Waals surface area (Å²) in [7, 11) is -3.05. The SMILES string of the molecule is O=S(N1CCC(Nc2cc(OCCOCCOCCOCCOCCOCCO)nc3ccc(C(c4ccc(Cl)cc4)c4ccc(Cl)cc4)cc23)CC1)C(F)(F)F. The highest BCUT2D eigenvalue weighted by molar-refractivity contribution is 7.83. The minimum absolute atomic E-state index is 0.00991. The Morgan fingerprint density at radius 2 is 1.19 bits per heavy atom. The van der Waals surface area contributed by atoms with Gasteiger partial charge in [-0.2, -0.15) is 13.2 Å². The lowest BCUT2D eigenvalue weighted by Crippen LogP contribution is -2.43. The van der Waals surface area contributed by atoms with Crippen LogP contribution in [-0.2, 0) is 34.7 Å². The van der Waals surface area contributed by atoms with Gasteiger partial charge in [0.1, 0.15) is 6.61 Å². The van der Waals surface area contributed by atoms with E-state index in [9.17, 15) is 17.4 Å². The van der Waals surface area contributed by atoms with Crippen LogP contribution in [0.1, 0.15) is 35.4 Å². The lowest BCUT2D eigenvalue weighted by atomic mass is 9.84. The number of ether oxygens (including phenoxy) is 6. The van der Waals surface area contributed by atoms with E-state index in [1.54, 1.807) is 6.07 Å². The molecule has 4 aromatic rings. The zero-order valence-electron chi connectivity index (χ0n) is 31.4. The van der Waals surface area contributed by atoms with E-state index in [0.29, 0.717) is 106 Å². The molecular weight excluding hydrogens is 810 g/mol. The Morgan fingerprint density at radius 1 is 0.719 bits per heavy atom. The number of nitrogens with one attached hydrogen (secondary N) is 1. The van der Waals surface area contributed by atoms with Crippen LogP contribution in [0.4, 0.5) is 18.9 Å². The molecule has 0 radical (unpaired) electrons. The first-order valence-corrected chi connectivity index (χ1v) is 20.6. The summed E-state index contributed by atoms with van der Waals surface area (Å²) in [6.45, 7) is 4.20. The monoisotopic (exact) mass is 857 g/mol. The average Bonchev–Trinajstić information content (AvgIpc) is 3.20. The Hall–Kier alpha value is -3.09. The van der Waals surface area contributed by atoms with Crippen molar-refractivity contribution >= 4 is 50.8 Å². The van der Waals surface area contributed by atoms with Crippen molar-refractivity contribution in [1.82, 2.24) is 9.29 Å². The van der Waals surface area contributed by atoms with Gasteiger partial charge in [0.15, 0.2) is 0 Å². The fourth-order valence-corrected chi connectivity index (χ4v) is 7.35. The number of hydrogen-bond donors (Lipinski definition) is 2. The van der Waals surface area contributed by atoms with Gasteiger partial charge >= 0.3 is 5.51 Å². The Labute approximate surface area is 343 Å². The van der Waals surface area contributed by atoms with Gasteiger partial charge < -0.3 is 38.8 Å². The third-order valence-electron chi connectivity index (χ3n) is 9.00. The van der Waals surface area contributed by atoms with Crippen LogP contribution in [0.25, 0.3) is 10.9 Å². The Morgan fingerprint density at radius 3 is 1.68 bits per heavy atom. The van der Waals surface area contributed by atoms with E-state index in [2.05, 4.69) is 11.4 Å². The van der Waals surface area contributed by atoms with Crippen molar-refractivity contribution in [3.63, 3.8) is 0 Å². The number of rotatable bonds is 24. The maximum absolute atomic E-state index is 13.2. The minimum atomic E-state index is -4.80. The molecule has 0 amide bonds. The fourth-order valence-electron chi connectivity index (χ4n) is 6.26. The predicted octanol–water partition coefficient (Wildman–Crippen LogP) is 7.24. The molecule has 1 atom stereocenters. The van der Waals surface area contributed by atoms with E-state index < -0.39 is 16.5 Å². The van der Waals surface area contributed by atoms with Crippen LogP contribution in [0.3, 0.4) is 0 Å². The highest BCUT2D eigenvalue weighted by atomic mass is 35.5. The first-order chi connectivity index (χ1) is 27.6. The maximum Gasteiger partial charge on any atom is 0.485 e. The molecule has 1 aliphatic rings. The largest absolute Gasteiger partial charge is 0.485 e. The molecule has 0 aliphatic carbocycles. The number of aliphatic hydroxyl groups excluding tert-OH is 1. The van der Waals surface area contributed by atoms with Crippen molar-refractivity contribution in [2.24, 2.45) is 0 Å². The standard InChI is InChI=1S/C40H48Cl2F3N3O8S/c41-32-6-1-29(2-7-32)39(30-3-8-33(42)9-4-30)31-5-10-36-35(27-31)37(46-34-11-13-48(14-12-34)57(50)40(43,44)45)28-38(47-36)56-26-25-55-24-23-54-22-21-53-20-19-52-18-17-51-16-15-49/h1-10,27-28,34,39,49H,11-26H2,(H,46,47). The molecule has 11 nitrogen and oxygen atoms in total. The van der Waals surface area contributed by atoms with Crippen molar-refractivity contribution in [2.45, 2.75) is 30.3 Å². The van der Waals surface area contributed by atoms with E-state index in [0.717, 1.165) is 26.4 Å². The number of pyridine rings is 1. The smallest absolute Gasteiger partial charge is 0.475 e.